The molecule has 2 unspecified atom stereocenters. The third-order valence-corrected chi connectivity index (χ3v) is 6.76. The molecule has 0 heterocycles. The highest BCUT2D eigenvalue weighted by Crippen LogP contribution is 2.31. The molecule has 1 aromatic rings. The van der Waals surface area contributed by atoms with Gasteiger partial charge in [0.25, 0.3) is 0 Å². The smallest absolute Gasteiger partial charge is 0.336 e. The van der Waals surface area contributed by atoms with Crippen molar-refractivity contribution < 1.29 is 23.1 Å². The molecule has 1 aliphatic carbocycles. The van der Waals surface area contributed by atoms with Crippen LogP contribution >= 0.6 is 15.9 Å². The summed E-state index contributed by atoms with van der Waals surface area (Å²) in [6.07, 6.45) is 2.65. The molecule has 0 saturated heterocycles. The Hall–Kier alpha value is -0.920. The average molecular weight is 377 g/mol. The van der Waals surface area contributed by atoms with Crippen LogP contribution in [0.25, 0.3) is 0 Å². The molecule has 116 valence electrons. The molecule has 0 amide bonds. The minimum Gasteiger partial charge on any atom is -0.478 e. The first-order valence-electron chi connectivity index (χ1n) is 6.65. The van der Waals surface area contributed by atoms with Crippen LogP contribution in [-0.2, 0) is 14.6 Å². The summed E-state index contributed by atoms with van der Waals surface area (Å²) < 4.78 is 31.0. The zero-order chi connectivity index (χ0) is 15.6. The molecule has 0 aromatic heterocycles. The maximum atomic E-state index is 12.7. The Morgan fingerprint density at radius 1 is 1.38 bits per heavy atom. The van der Waals surface area contributed by atoms with Crippen LogP contribution in [0.2, 0.25) is 0 Å². The Kier molecular flexibility index (Phi) is 5.06. The molecule has 0 radical (unpaired) electrons. The first-order valence-corrected chi connectivity index (χ1v) is 8.99. The van der Waals surface area contributed by atoms with Gasteiger partial charge in [0.1, 0.15) is 0 Å². The van der Waals surface area contributed by atoms with E-state index in [0.717, 1.165) is 12.8 Å². The molecular formula is C14H17BrO5S. The Balaban J connectivity index is 2.35. The number of rotatable bonds is 4. The molecule has 1 fully saturated rings. The van der Waals surface area contributed by atoms with Crippen molar-refractivity contribution in [3.63, 3.8) is 0 Å². The Bertz CT molecular complexity index is 641. The minimum atomic E-state index is -3.54. The van der Waals surface area contributed by atoms with E-state index in [-0.39, 0.29) is 16.6 Å². The van der Waals surface area contributed by atoms with Gasteiger partial charge in [-0.2, -0.15) is 0 Å². The number of hydrogen-bond donors (Lipinski definition) is 1. The van der Waals surface area contributed by atoms with E-state index in [0.29, 0.717) is 17.3 Å². The molecule has 0 bridgehead atoms. The number of ether oxygens (including phenoxy) is 1. The SMILES string of the molecule is COC1CCCC(S(=O)(=O)c2ccc(Br)c(C(=O)O)c2)C1. The number of carboxylic acids is 1. The van der Waals surface area contributed by atoms with Gasteiger partial charge in [-0.1, -0.05) is 0 Å². The number of carboxylic acid groups (broad SMARTS) is 1. The summed E-state index contributed by atoms with van der Waals surface area (Å²) >= 11 is 3.12. The van der Waals surface area contributed by atoms with Gasteiger partial charge in [0.15, 0.2) is 9.84 Å². The van der Waals surface area contributed by atoms with Crippen molar-refractivity contribution >= 4 is 31.7 Å². The van der Waals surface area contributed by atoms with Gasteiger partial charge in [-0.25, -0.2) is 13.2 Å². The molecule has 1 saturated carbocycles. The number of carbonyl (C=O) groups is 1. The molecular weight excluding hydrogens is 360 g/mol. The number of sulfone groups is 1. The number of halogens is 1. The van der Waals surface area contributed by atoms with Crippen LogP contribution in [0.15, 0.2) is 27.6 Å². The standard InChI is InChI=1S/C14H17BrO5S/c1-20-9-3-2-4-10(7-9)21(18,19)11-5-6-13(15)12(8-11)14(16)17/h5-6,8-10H,2-4,7H2,1H3,(H,16,17). The summed E-state index contributed by atoms with van der Waals surface area (Å²) in [5, 5.41) is 8.59. The third kappa shape index (κ3) is 3.46. The van der Waals surface area contributed by atoms with Crippen LogP contribution < -0.4 is 0 Å². The third-order valence-electron chi connectivity index (χ3n) is 3.85. The summed E-state index contributed by atoms with van der Waals surface area (Å²) in [6, 6.07) is 4.13. The average Bonchev–Trinajstić information content (AvgIpc) is 2.47. The van der Waals surface area contributed by atoms with Gasteiger partial charge in [0, 0.05) is 11.6 Å². The van der Waals surface area contributed by atoms with Gasteiger partial charge in [-0.05, 0) is 59.8 Å². The fourth-order valence-electron chi connectivity index (χ4n) is 2.64. The summed E-state index contributed by atoms with van der Waals surface area (Å²) in [6.45, 7) is 0. The van der Waals surface area contributed by atoms with Crippen molar-refractivity contribution in [1.29, 1.82) is 0 Å². The van der Waals surface area contributed by atoms with Crippen molar-refractivity contribution in [2.24, 2.45) is 0 Å². The van der Waals surface area contributed by atoms with Crippen molar-refractivity contribution in [3.05, 3.63) is 28.2 Å². The van der Waals surface area contributed by atoms with E-state index in [1.165, 1.54) is 18.2 Å². The number of aromatic carboxylic acids is 1. The molecule has 21 heavy (non-hydrogen) atoms. The predicted octanol–water partition coefficient (Wildman–Crippen LogP) is 2.88. The van der Waals surface area contributed by atoms with Gasteiger partial charge in [-0.15, -0.1) is 0 Å². The first-order chi connectivity index (χ1) is 9.86. The lowest BCUT2D eigenvalue weighted by atomic mass is 9.97. The second-order valence-corrected chi connectivity index (χ2v) is 8.22. The summed E-state index contributed by atoms with van der Waals surface area (Å²) in [5.74, 6) is -1.16. The highest BCUT2D eigenvalue weighted by molar-refractivity contribution is 9.10. The van der Waals surface area contributed by atoms with E-state index in [9.17, 15) is 13.2 Å². The minimum absolute atomic E-state index is 0.0461. The van der Waals surface area contributed by atoms with Gasteiger partial charge < -0.3 is 9.84 Å². The normalized spacial score (nSPS) is 23.0. The maximum absolute atomic E-state index is 12.7. The molecule has 0 aliphatic heterocycles. The van der Waals surface area contributed by atoms with Gasteiger partial charge in [0.2, 0.25) is 0 Å². The number of benzene rings is 1. The largest absolute Gasteiger partial charge is 0.478 e. The lowest BCUT2D eigenvalue weighted by Crippen LogP contribution is -2.31. The summed E-state index contributed by atoms with van der Waals surface area (Å²) in [5.41, 5.74) is -0.0461. The summed E-state index contributed by atoms with van der Waals surface area (Å²) in [4.78, 5) is 11.2. The summed E-state index contributed by atoms with van der Waals surface area (Å²) in [7, 11) is -1.96. The second-order valence-electron chi connectivity index (χ2n) is 5.14. The fourth-order valence-corrected chi connectivity index (χ4v) is 4.92. The van der Waals surface area contributed by atoms with Crippen LogP contribution in [0.3, 0.4) is 0 Å². The fraction of sp³-hybridized carbons (Fsp3) is 0.500. The molecule has 1 aromatic carbocycles. The van der Waals surface area contributed by atoms with Crippen LogP contribution in [0.1, 0.15) is 36.0 Å². The van der Waals surface area contributed by atoms with E-state index in [1.54, 1.807) is 7.11 Å². The van der Waals surface area contributed by atoms with Gasteiger partial charge in [0.05, 0.1) is 21.8 Å². The molecule has 1 aliphatic rings. The molecule has 2 rings (SSSR count). The quantitative estimate of drug-likeness (QED) is 0.873. The first kappa shape index (κ1) is 16.5. The second kappa shape index (κ2) is 6.46. The van der Waals surface area contributed by atoms with E-state index in [4.69, 9.17) is 9.84 Å². The van der Waals surface area contributed by atoms with Gasteiger partial charge in [-0.3, -0.25) is 0 Å². The highest BCUT2D eigenvalue weighted by atomic mass is 79.9. The zero-order valence-electron chi connectivity index (χ0n) is 11.6. The topological polar surface area (TPSA) is 80.7 Å². The Morgan fingerprint density at radius 3 is 2.71 bits per heavy atom. The van der Waals surface area contributed by atoms with Crippen LogP contribution in [0.5, 0.6) is 0 Å². The molecule has 7 heteroatoms. The lowest BCUT2D eigenvalue weighted by Gasteiger charge is -2.28. The lowest BCUT2D eigenvalue weighted by molar-refractivity contribution is 0.0694. The molecule has 0 spiro atoms. The molecule has 2 atom stereocenters. The zero-order valence-corrected chi connectivity index (χ0v) is 14.0. The van der Waals surface area contributed by atoms with Crippen LogP contribution in [0, 0.1) is 0 Å². The van der Waals surface area contributed by atoms with Crippen molar-refractivity contribution in [2.75, 3.05) is 7.11 Å². The van der Waals surface area contributed by atoms with E-state index in [1.807, 2.05) is 0 Å². The van der Waals surface area contributed by atoms with Crippen molar-refractivity contribution in [3.8, 4) is 0 Å². The van der Waals surface area contributed by atoms with E-state index < -0.39 is 21.1 Å². The molecule has 1 N–H and O–H groups in total. The van der Waals surface area contributed by atoms with Crippen molar-refractivity contribution in [1.82, 2.24) is 0 Å². The van der Waals surface area contributed by atoms with E-state index >= 15 is 0 Å². The Labute approximate surface area is 132 Å². The van der Waals surface area contributed by atoms with E-state index in [2.05, 4.69) is 15.9 Å². The Morgan fingerprint density at radius 2 is 2.10 bits per heavy atom. The predicted molar refractivity (Wildman–Crippen MR) is 81.3 cm³/mol. The monoisotopic (exact) mass is 376 g/mol. The number of hydrogen-bond acceptors (Lipinski definition) is 4. The van der Waals surface area contributed by atoms with Crippen molar-refractivity contribution in [2.45, 2.75) is 41.9 Å². The van der Waals surface area contributed by atoms with Crippen LogP contribution in [-0.4, -0.2) is 38.0 Å². The molecule has 5 nitrogen and oxygen atoms in total. The highest BCUT2D eigenvalue weighted by Gasteiger charge is 2.33. The number of methoxy groups -OCH3 is 1. The maximum Gasteiger partial charge on any atom is 0.336 e. The van der Waals surface area contributed by atoms with Gasteiger partial charge >= 0.3 is 5.97 Å². The van der Waals surface area contributed by atoms with Crippen LogP contribution in [0.4, 0.5) is 0 Å².